The van der Waals surface area contributed by atoms with Gasteiger partial charge in [0.1, 0.15) is 19.0 Å². The summed E-state index contributed by atoms with van der Waals surface area (Å²) in [6, 6.07) is 3.90. The Balaban J connectivity index is 1.81. The van der Waals surface area contributed by atoms with E-state index in [9.17, 15) is 14.7 Å². The zero-order valence-electron chi connectivity index (χ0n) is 16.4. The van der Waals surface area contributed by atoms with Gasteiger partial charge in [-0.25, -0.2) is 0 Å². The lowest BCUT2D eigenvalue weighted by Crippen LogP contribution is -2.45. The van der Waals surface area contributed by atoms with Crippen LogP contribution >= 0.6 is 0 Å². The molecule has 0 radical (unpaired) electrons. The highest BCUT2D eigenvalue weighted by Gasteiger charge is 2.49. The molecule has 28 heavy (non-hydrogen) atoms. The highest BCUT2D eigenvalue weighted by molar-refractivity contribution is 5.84. The topological polar surface area (TPSA) is 82.1 Å². The highest BCUT2D eigenvalue weighted by atomic mass is 16.6. The molecule has 6 heteroatoms. The number of carbonyl (C=O) groups is 2. The van der Waals surface area contributed by atoms with Gasteiger partial charge in [0.2, 0.25) is 5.75 Å². The van der Waals surface area contributed by atoms with Crippen LogP contribution in [0.15, 0.2) is 12.1 Å². The van der Waals surface area contributed by atoms with Crippen LogP contribution in [0.1, 0.15) is 56.9 Å². The van der Waals surface area contributed by atoms with Crippen molar-refractivity contribution in [1.82, 2.24) is 0 Å². The molecule has 152 valence electrons. The van der Waals surface area contributed by atoms with E-state index >= 15 is 0 Å². The van der Waals surface area contributed by atoms with Crippen LogP contribution in [0.2, 0.25) is 0 Å². The van der Waals surface area contributed by atoms with Gasteiger partial charge in [0.05, 0.1) is 13.0 Å². The fraction of sp³-hybridized carbons (Fsp3) is 0.636. The first kappa shape index (κ1) is 19.1. The van der Waals surface area contributed by atoms with Crippen molar-refractivity contribution in [3.05, 3.63) is 17.7 Å². The van der Waals surface area contributed by atoms with Gasteiger partial charge in [-0.1, -0.05) is 12.5 Å². The molecule has 0 aromatic heterocycles. The quantitative estimate of drug-likeness (QED) is 0.846. The van der Waals surface area contributed by atoms with Crippen molar-refractivity contribution in [2.24, 2.45) is 11.8 Å². The minimum atomic E-state index is -0.736. The molecule has 0 spiro atoms. The van der Waals surface area contributed by atoms with Crippen LogP contribution in [0.25, 0.3) is 0 Å². The van der Waals surface area contributed by atoms with E-state index in [0.29, 0.717) is 68.3 Å². The summed E-state index contributed by atoms with van der Waals surface area (Å²) in [6.07, 6.45) is 6.00. The van der Waals surface area contributed by atoms with Gasteiger partial charge < -0.3 is 19.3 Å². The molecule has 1 N–H and O–H groups in total. The van der Waals surface area contributed by atoms with Crippen molar-refractivity contribution in [1.29, 1.82) is 0 Å². The minimum absolute atomic E-state index is 0.0842. The molecule has 0 saturated heterocycles. The zero-order valence-corrected chi connectivity index (χ0v) is 16.4. The largest absolute Gasteiger partial charge is 0.493 e. The van der Waals surface area contributed by atoms with Gasteiger partial charge in [-0.05, 0) is 44.6 Å². The van der Waals surface area contributed by atoms with Crippen LogP contribution in [-0.2, 0) is 15.0 Å². The first-order chi connectivity index (χ1) is 13.6. The normalized spacial score (nSPS) is 30.0. The molecule has 0 bridgehead atoms. The van der Waals surface area contributed by atoms with Crippen LogP contribution in [0.5, 0.6) is 17.2 Å². The molecule has 1 aromatic carbocycles. The average molecular weight is 388 g/mol. The molecular formula is C22H28O6. The van der Waals surface area contributed by atoms with Gasteiger partial charge in [0, 0.05) is 23.3 Å². The zero-order chi connectivity index (χ0) is 19.7. The Labute approximate surface area is 165 Å². The summed E-state index contributed by atoms with van der Waals surface area (Å²) in [6.45, 7) is 0.920. The van der Waals surface area contributed by atoms with Gasteiger partial charge in [0.15, 0.2) is 11.5 Å². The number of ether oxygens (including phenoxy) is 3. The number of hydrogen-bond donors (Lipinski definition) is 1. The number of rotatable bonds is 4. The summed E-state index contributed by atoms with van der Waals surface area (Å²) in [5.74, 6) is 1.06. The van der Waals surface area contributed by atoms with Gasteiger partial charge >= 0.3 is 5.97 Å². The van der Waals surface area contributed by atoms with Crippen LogP contribution in [-0.4, -0.2) is 37.2 Å². The van der Waals surface area contributed by atoms with Crippen LogP contribution in [0, 0.1) is 11.8 Å². The van der Waals surface area contributed by atoms with Crippen molar-refractivity contribution in [2.75, 3.05) is 20.3 Å². The van der Waals surface area contributed by atoms with E-state index in [0.717, 1.165) is 24.8 Å². The smallest absolute Gasteiger partial charge is 0.306 e. The molecule has 1 heterocycles. The number of benzene rings is 1. The Morgan fingerprint density at radius 3 is 2.46 bits per heavy atom. The predicted molar refractivity (Wildman–Crippen MR) is 102 cm³/mol. The lowest BCUT2D eigenvalue weighted by Gasteiger charge is -2.47. The van der Waals surface area contributed by atoms with Crippen molar-refractivity contribution < 1.29 is 28.9 Å². The first-order valence-electron chi connectivity index (χ1n) is 10.3. The Hall–Kier alpha value is -2.24. The molecule has 3 aliphatic rings. The fourth-order valence-corrected chi connectivity index (χ4v) is 5.42. The number of aliphatic carboxylic acids is 1. The van der Waals surface area contributed by atoms with Crippen molar-refractivity contribution in [3.63, 3.8) is 0 Å². The molecule has 4 rings (SSSR count). The Kier molecular flexibility index (Phi) is 5.21. The number of hydrogen-bond acceptors (Lipinski definition) is 5. The standard InChI is InChI=1S/C22H28O6/c1-26-18-7-6-16(19-20(18)28-13-12-27-19)22(15-4-2-3-5-17(15)23)10-8-14(9-11-22)21(24)25/h6-7,14-15H,2-5,8-13H2,1H3,(H,24,25). The summed E-state index contributed by atoms with van der Waals surface area (Å²) in [5.41, 5.74) is 0.604. The molecule has 1 atom stereocenters. The number of Topliss-reactive ketones (excluding diaryl/α,β-unsaturated/α-hetero) is 1. The molecule has 1 unspecified atom stereocenters. The second kappa shape index (κ2) is 7.64. The summed E-state index contributed by atoms with van der Waals surface area (Å²) < 4.78 is 17.4. The minimum Gasteiger partial charge on any atom is -0.493 e. The van der Waals surface area contributed by atoms with Gasteiger partial charge in [-0.3, -0.25) is 9.59 Å². The third-order valence-electron chi connectivity index (χ3n) is 6.86. The molecule has 2 aliphatic carbocycles. The maximum atomic E-state index is 13.0. The SMILES string of the molecule is COc1ccc(C2(C3CCCCC3=O)CCC(C(=O)O)CC2)c2c1OCCO2. The number of carbonyl (C=O) groups excluding carboxylic acids is 1. The highest BCUT2D eigenvalue weighted by Crippen LogP contribution is 2.56. The Morgan fingerprint density at radius 2 is 1.82 bits per heavy atom. The molecule has 1 aromatic rings. The third-order valence-corrected chi connectivity index (χ3v) is 6.86. The summed E-state index contributed by atoms with van der Waals surface area (Å²) in [7, 11) is 1.60. The summed E-state index contributed by atoms with van der Waals surface area (Å²) >= 11 is 0. The van der Waals surface area contributed by atoms with E-state index in [2.05, 4.69) is 0 Å². The number of carboxylic acid groups (broad SMARTS) is 1. The molecule has 2 saturated carbocycles. The van der Waals surface area contributed by atoms with Gasteiger partial charge in [0.25, 0.3) is 0 Å². The Morgan fingerprint density at radius 1 is 1.11 bits per heavy atom. The van der Waals surface area contributed by atoms with Gasteiger partial charge in [-0.2, -0.15) is 0 Å². The Bertz CT molecular complexity index is 763. The summed E-state index contributed by atoms with van der Waals surface area (Å²) in [5, 5.41) is 9.47. The van der Waals surface area contributed by atoms with E-state index in [1.165, 1.54) is 0 Å². The van der Waals surface area contributed by atoms with Crippen molar-refractivity contribution >= 4 is 11.8 Å². The lowest BCUT2D eigenvalue weighted by atomic mass is 9.56. The van der Waals surface area contributed by atoms with E-state index < -0.39 is 5.97 Å². The van der Waals surface area contributed by atoms with Crippen LogP contribution < -0.4 is 14.2 Å². The fourth-order valence-electron chi connectivity index (χ4n) is 5.42. The lowest BCUT2D eigenvalue weighted by molar-refractivity contribution is -0.143. The van der Waals surface area contributed by atoms with E-state index in [1.807, 2.05) is 12.1 Å². The molecule has 6 nitrogen and oxygen atoms in total. The van der Waals surface area contributed by atoms with Crippen molar-refractivity contribution in [2.45, 2.75) is 56.8 Å². The van der Waals surface area contributed by atoms with Gasteiger partial charge in [-0.15, -0.1) is 0 Å². The second-order valence-corrected chi connectivity index (χ2v) is 8.20. The maximum absolute atomic E-state index is 13.0. The summed E-state index contributed by atoms with van der Waals surface area (Å²) in [4.78, 5) is 24.5. The predicted octanol–water partition coefficient (Wildman–Crippen LogP) is 3.74. The van der Waals surface area contributed by atoms with E-state index in [1.54, 1.807) is 7.11 Å². The first-order valence-corrected chi connectivity index (χ1v) is 10.3. The molecule has 0 amide bonds. The van der Waals surface area contributed by atoms with Crippen LogP contribution in [0.4, 0.5) is 0 Å². The average Bonchev–Trinajstić information content (AvgIpc) is 2.73. The monoisotopic (exact) mass is 388 g/mol. The third kappa shape index (κ3) is 3.12. The molecular weight excluding hydrogens is 360 g/mol. The van der Waals surface area contributed by atoms with E-state index in [-0.39, 0.29) is 17.3 Å². The van der Waals surface area contributed by atoms with E-state index in [4.69, 9.17) is 14.2 Å². The number of methoxy groups -OCH3 is 1. The number of fused-ring (bicyclic) bond motifs is 1. The maximum Gasteiger partial charge on any atom is 0.306 e. The molecule has 2 fully saturated rings. The van der Waals surface area contributed by atoms with Crippen molar-refractivity contribution in [3.8, 4) is 17.2 Å². The molecule has 1 aliphatic heterocycles. The number of carboxylic acids is 1. The number of ketones is 1. The van der Waals surface area contributed by atoms with Crippen LogP contribution in [0.3, 0.4) is 0 Å². The second-order valence-electron chi connectivity index (χ2n) is 8.20.